The van der Waals surface area contributed by atoms with Gasteiger partial charge in [0.2, 0.25) is 0 Å². The van der Waals surface area contributed by atoms with Crippen molar-refractivity contribution in [2.75, 3.05) is 19.0 Å². The average Bonchev–Trinajstić information content (AvgIpc) is 3.47. The topological polar surface area (TPSA) is 90.1 Å². The van der Waals surface area contributed by atoms with E-state index in [1.807, 2.05) is 71.7 Å². The normalized spacial score (nSPS) is 13.0. The van der Waals surface area contributed by atoms with Gasteiger partial charge in [0.25, 0.3) is 0 Å². The lowest BCUT2D eigenvalue weighted by molar-refractivity contribution is 0.205. The fourth-order valence-corrected chi connectivity index (χ4v) is 3.83. The van der Waals surface area contributed by atoms with Crippen LogP contribution in [0.1, 0.15) is 17.0 Å². The highest BCUT2D eigenvalue weighted by molar-refractivity contribution is 5.89. The molecule has 0 radical (unpaired) electrons. The zero-order chi connectivity index (χ0) is 21.9. The first-order chi connectivity index (χ1) is 15.7. The maximum Gasteiger partial charge on any atom is 0.322 e. The Bertz CT molecular complexity index is 1230. The van der Waals surface area contributed by atoms with Gasteiger partial charge < -0.3 is 15.0 Å². The molecule has 0 bridgehead atoms. The molecule has 0 spiro atoms. The van der Waals surface area contributed by atoms with Gasteiger partial charge in [-0.25, -0.2) is 9.48 Å². The number of amides is 2. The highest BCUT2D eigenvalue weighted by atomic mass is 16.5. The Morgan fingerprint density at radius 2 is 2.03 bits per heavy atom. The maximum absolute atomic E-state index is 12.6. The predicted octanol–water partition coefficient (Wildman–Crippen LogP) is 3.11. The number of urea groups is 1. The van der Waals surface area contributed by atoms with Gasteiger partial charge in [0.05, 0.1) is 38.3 Å². The van der Waals surface area contributed by atoms with Crippen molar-refractivity contribution >= 4 is 11.7 Å². The molecule has 0 saturated carbocycles. The second-order valence-corrected chi connectivity index (χ2v) is 7.60. The molecule has 0 fully saturated rings. The average molecular weight is 429 g/mol. The van der Waals surface area contributed by atoms with Crippen LogP contribution in [0.2, 0.25) is 0 Å². The van der Waals surface area contributed by atoms with Crippen molar-refractivity contribution in [2.24, 2.45) is 0 Å². The summed E-state index contributed by atoms with van der Waals surface area (Å²) >= 11 is 0. The van der Waals surface area contributed by atoms with E-state index in [0.29, 0.717) is 19.6 Å². The van der Waals surface area contributed by atoms with Crippen molar-refractivity contribution in [3.63, 3.8) is 0 Å². The van der Waals surface area contributed by atoms with Crippen molar-refractivity contribution in [2.45, 2.75) is 19.5 Å². The summed E-state index contributed by atoms with van der Waals surface area (Å²) in [5.41, 5.74) is 4.66. The second-order valence-electron chi connectivity index (χ2n) is 7.60. The van der Waals surface area contributed by atoms with Crippen molar-refractivity contribution in [3.05, 3.63) is 83.9 Å². The van der Waals surface area contributed by atoms with Crippen molar-refractivity contribution in [1.29, 1.82) is 0 Å². The summed E-state index contributed by atoms with van der Waals surface area (Å²) in [5.74, 6) is 0.765. The molecule has 9 heteroatoms. The molecule has 0 saturated heterocycles. The minimum Gasteiger partial charge on any atom is -0.497 e. The number of benzene rings is 2. The number of hydrogen-bond donors (Lipinski definition) is 1. The van der Waals surface area contributed by atoms with Crippen LogP contribution in [-0.4, -0.2) is 49.4 Å². The third-order valence-corrected chi connectivity index (χ3v) is 5.50. The molecule has 0 unspecified atom stereocenters. The fourth-order valence-electron chi connectivity index (χ4n) is 3.83. The molecule has 1 aliphatic rings. The van der Waals surface area contributed by atoms with Gasteiger partial charge in [0.1, 0.15) is 11.4 Å². The van der Waals surface area contributed by atoms with Gasteiger partial charge in [-0.1, -0.05) is 29.5 Å². The van der Waals surface area contributed by atoms with Crippen LogP contribution in [0.4, 0.5) is 10.5 Å². The number of methoxy groups -OCH3 is 1. The molecule has 4 aromatic rings. The van der Waals surface area contributed by atoms with Gasteiger partial charge in [-0.2, -0.15) is 5.10 Å². The van der Waals surface area contributed by atoms with E-state index < -0.39 is 0 Å². The highest BCUT2D eigenvalue weighted by Gasteiger charge is 2.24. The zero-order valence-electron chi connectivity index (χ0n) is 17.7. The standard InChI is InChI=1S/C23H23N7O2/c1-32-21-9-5-8-20(12-21)29-15-19(26-27-29)16-30-22-10-11-28(14-17(22)13-24-30)23(31)25-18-6-3-2-4-7-18/h2-9,12-13,15H,10-11,14,16H2,1H3,(H,25,31). The number of aromatic nitrogens is 5. The number of nitrogens with one attached hydrogen (secondary N) is 1. The monoisotopic (exact) mass is 429 g/mol. The van der Waals surface area contributed by atoms with Gasteiger partial charge in [-0.05, 0) is 24.3 Å². The molecular weight excluding hydrogens is 406 g/mol. The zero-order valence-corrected chi connectivity index (χ0v) is 17.7. The van der Waals surface area contributed by atoms with Crippen LogP contribution in [0.3, 0.4) is 0 Å². The summed E-state index contributed by atoms with van der Waals surface area (Å²) in [6, 6.07) is 17.0. The third-order valence-electron chi connectivity index (χ3n) is 5.50. The van der Waals surface area contributed by atoms with E-state index in [2.05, 4.69) is 20.7 Å². The van der Waals surface area contributed by atoms with Crippen LogP contribution in [0, 0.1) is 0 Å². The van der Waals surface area contributed by atoms with Crippen molar-refractivity contribution < 1.29 is 9.53 Å². The van der Waals surface area contributed by atoms with E-state index in [-0.39, 0.29) is 6.03 Å². The minimum absolute atomic E-state index is 0.101. The Balaban J connectivity index is 1.26. The molecular formula is C23H23N7O2. The van der Waals surface area contributed by atoms with Gasteiger partial charge in [0, 0.05) is 36.0 Å². The molecule has 9 nitrogen and oxygen atoms in total. The number of rotatable bonds is 5. The lowest BCUT2D eigenvalue weighted by atomic mass is 10.1. The first-order valence-electron chi connectivity index (χ1n) is 10.4. The third kappa shape index (κ3) is 4.04. The first kappa shape index (κ1) is 19.8. The number of nitrogens with zero attached hydrogens (tertiary/aromatic N) is 6. The molecule has 1 aliphatic heterocycles. The smallest absolute Gasteiger partial charge is 0.322 e. The summed E-state index contributed by atoms with van der Waals surface area (Å²) in [5, 5.41) is 16.0. The van der Waals surface area contributed by atoms with E-state index in [0.717, 1.165) is 40.5 Å². The number of anilines is 1. The fraction of sp³-hybridized carbons (Fsp3) is 0.217. The molecule has 162 valence electrons. The minimum atomic E-state index is -0.101. The predicted molar refractivity (Wildman–Crippen MR) is 119 cm³/mol. The first-order valence-corrected chi connectivity index (χ1v) is 10.4. The summed E-state index contributed by atoms with van der Waals surface area (Å²) < 4.78 is 8.95. The van der Waals surface area contributed by atoms with Crippen LogP contribution in [0.15, 0.2) is 67.0 Å². The molecule has 32 heavy (non-hydrogen) atoms. The maximum atomic E-state index is 12.6. The van der Waals surface area contributed by atoms with Crippen molar-refractivity contribution in [1.82, 2.24) is 29.7 Å². The van der Waals surface area contributed by atoms with E-state index >= 15 is 0 Å². The summed E-state index contributed by atoms with van der Waals surface area (Å²) in [7, 11) is 1.64. The van der Waals surface area contributed by atoms with Gasteiger partial charge in [0.15, 0.2) is 0 Å². The lowest BCUT2D eigenvalue weighted by Gasteiger charge is -2.27. The van der Waals surface area contributed by atoms with Crippen LogP contribution >= 0.6 is 0 Å². The van der Waals surface area contributed by atoms with E-state index in [1.165, 1.54) is 0 Å². The number of carbonyl (C=O) groups excluding carboxylic acids is 1. The quantitative estimate of drug-likeness (QED) is 0.527. The largest absolute Gasteiger partial charge is 0.497 e. The Morgan fingerprint density at radius 1 is 1.16 bits per heavy atom. The summed E-state index contributed by atoms with van der Waals surface area (Å²) in [4.78, 5) is 14.4. The number of fused-ring (bicyclic) bond motifs is 1. The van der Waals surface area contributed by atoms with E-state index in [4.69, 9.17) is 4.74 Å². The van der Waals surface area contributed by atoms with Gasteiger partial charge in [-0.3, -0.25) is 4.68 Å². The van der Waals surface area contributed by atoms with Crippen LogP contribution in [-0.2, 0) is 19.5 Å². The highest BCUT2D eigenvalue weighted by Crippen LogP contribution is 2.21. The number of carbonyl (C=O) groups is 1. The molecule has 2 aromatic heterocycles. The van der Waals surface area contributed by atoms with E-state index in [1.54, 1.807) is 16.7 Å². The SMILES string of the molecule is COc1cccc(-n2cc(Cn3ncc4c3CCN(C(=O)Nc3ccccc3)C4)nn2)c1. The lowest BCUT2D eigenvalue weighted by Crippen LogP contribution is -2.39. The Hall–Kier alpha value is -4.14. The Kier molecular flexibility index (Phi) is 5.29. The van der Waals surface area contributed by atoms with Crippen molar-refractivity contribution in [3.8, 4) is 11.4 Å². The Labute approximate surface area is 185 Å². The molecule has 2 aromatic carbocycles. The molecule has 2 amide bonds. The van der Waals surface area contributed by atoms with Gasteiger partial charge in [-0.15, -0.1) is 5.10 Å². The van der Waals surface area contributed by atoms with Crippen LogP contribution < -0.4 is 10.1 Å². The number of ether oxygens (including phenoxy) is 1. The summed E-state index contributed by atoms with van der Waals surface area (Å²) in [6.45, 7) is 1.69. The van der Waals surface area contributed by atoms with Crippen LogP contribution in [0.25, 0.3) is 5.69 Å². The van der Waals surface area contributed by atoms with Gasteiger partial charge >= 0.3 is 6.03 Å². The van der Waals surface area contributed by atoms with E-state index in [9.17, 15) is 4.79 Å². The Morgan fingerprint density at radius 3 is 2.88 bits per heavy atom. The molecule has 3 heterocycles. The molecule has 5 rings (SSSR count). The van der Waals surface area contributed by atoms with Crippen LogP contribution in [0.5, 0.6) is 5.75 Å². The molecule has 0 aliphatic carbocycles. The number of para-hydroxylation sites is 1. The molecule has 1 N–H and O–H groups in total. The molecule has 0 atom stereocenters. The second kappa shape index (κ2) is 8.54. The summed E-state index contributed by atoms with van der Waals surface area (Å²) in [6.07, 6.45) is 4.47. The number of hydrogen-bond acceptors (Lipinski definition) is 5.